The first kappa shape index (κ1) is 12.7. The Kier molecular flexibility index (Phi) is 5.32. The van der Waals surface area contributed by atoms with Gasteiger partial charge < -0.3 is 18.2 Å². The predicted molar refractivity (Wildman–Crippen MR) is 48.7 cm³/mol. The van der Waals surface area contributed by atoms with E-state index >= 15 is 0 Å². The van der Waals surface area contributed by atoms with Crippen molar-refractivity contribution in [1.82, 2.24) is 0 Å². The molecule has 0 fully saturated rings. The molecule has 0 aliphatic heterocycles. The van der Waals surface area contributed by atoms with Crippen molar-refractivity contribution in [3.63, 3.8) is 0 Å². The molecule has 1 rings (SSSR count). The van der Waals surface area contributed by atoms with E-state index < -0.39 is 12.1 Å². The summed E-state index contributed by atoms with van der Waals surface area (Å²) in [6.45, 7) is 0. The van der Waals surface area contributed by atoms with Crippen LogP contribution in [0.3, 0.4) is 0 Å². The van der Waals surface area contributed by atoms with Crippen LogP contribution in [-0.2, 0) is 4.79 Å². The molecule has 5 heteroatoms. The van der Waals surface area contributed by atoms with E-state index in [-0.39, 0.29) is 51.9 Å². The fourth-order valence-corrected chi connectivity index (χ4v) is 0.799. The van der Waals surface area contributed by atoms with Gasteiger partial charge in [0.15, 0.2) is 6.10 Å². The molecule has 1 atom stereocenters. The molecule has 68 valence electrons. The maximum atomic E-state index is 10.3. The third-order valence-corrected chi connectivity index (χ3v) is 1.44. The molecule has 0 aromatic heterocycles. The summed E-state index contributed by atoms with van der Waals surface area (Å²) in [4.78, 5) is 10.3. The second kappa shape index (κ2) is 5.44. The number of aliphatic carboxylic acids is 1. The standard InChI is InChI=1S/C8H8O4.Ca.2H/c9-6-3-1-5(2-4-6)7(10)8(11)12;;;/h1-4,7,9-10H,(H,11,12);;;/q;+2;2*-1. The Balaban J connectivity index is -0.000000480. The van der Waals surface area contributed by atoms with Crippen molar-refractivity contribution in [2.24, 2.45) is 0 Å². The Hall–Kier alpha value is -0.290. The number of aliphatic hydroxyl groups excluding tert-OH is 1. The minimum atomic E-state index is -1.52. The van der Waals surface area contributed by atoms with Gasteiger partial charge in [0.05, 0.1) is 0 Å². The van der Waals surface area contributed by atoms with Crippen LogP contribution in [0.4, 0.5) is 0 Å². The van der Waals surface area contributed by atoms with Gasteiger partial charge in [0.2, 0.25) is 0 Å². The van der Waals surface area contributed by atoms with Crippen molar-refractivity contribution in [3.05, 3.63) is 29.8 Å². The summed E-state index contributed by atoms with van der Waals surface area (Å²) in [6.07, 6.45) is -1.52. The number of carboxylic acid groups (broad SMARTS) is 1. The number of phenolic OH excluding ortho intramolecular Hbond substituents is 1. The van der Waals surface area contributed by atoms with Crippen LogP contribution in [0.1, 0.15) is 14.5 Å². The fourth-order valence-electron chi connectivity index (χ4n) is 0.799. The van der Waals surface area contributed by atoms with Crippen molar-refractivity contribution in [2.45, 2.75) is 6.10 Å². The van der Waals surface area contributed by atoms with E-state index in [2.05, 4.69) is 0 Å². The number of rotatable bonds is 2. The topological polar surface area (TPSA) is 77.8 Å². The quantitative estimate of drug-likeness (QED) is 0.616. The zero-order chi connectivity index (χ0) is 9.14. The van der Waals surface area contributed by atoms with Crippen LogP contribution in [-0.4, -0.2) is 59.0 Å². The fraction of sp³-hybridized carbons (Fsp3) is 0.125. The van der Waals surface area contributed by atoms with Crippen molar-refractivity contribution in [3.8, 4) is 5.75 Å². The van der Waals surface area contributed by atoms with Crippen molar-refractivity contribution in [1.29, 1.82) is 0 Å². The SMILES string of the molecule is O=C(O)C(O)c1ccc(O)cc1.[Ca+2].[H-].[H-]. The summed E-state index contributed by atoms with van der Waals surface area (Å²) >= 11 is 0. The van der Waals surface area contributed by atoms with Crippen molar-refractivity contribution in [2.75, 3.05) is 0 Å². The van der Waals surface area contributed by atoms with Crippen LogP contribution < -0.4 is 0 Å². The summed E-state index contributed by atoms with van der Waals surface area (Å²) in [5.74, 6) is -1.27. The van der Waals surface area contributed by atoms with Crippen LogP contribution in [0.2, 0.25) is 0 Å². The molecule has 1 aromatic carbocycles. The van der Waals surface area contributed by atoms with Gasteiger partial charge in [-0.25, -0.2) is 4.79 Å². The van der Waals surface area contributed by atoms with Crippen LogP contribution in [0.15, 0.2) is 24.3 Å². The molecule has 0 aliphatic carbocycles. The number of hydrogen-bond acceptors (Lipinski definition) is 3. The van der Waals surface area contributed by atoms with Gasteiger partial charge in [-0.3, -0.25) is 0 Å². The zero-order valence-electron chi connectivity index (χ0n) is 8.84. The van der Waals surface area contributed by atoms with Crippen molar-refractivity contribution < 1.29 is 23.0 Å². The maximum Gasteiger partial charge on any atom is 2.00 e. The van der Waals surface area contributed by atoms with Crippen molar-refractivity contribution >= 4 is 43.7 Å². The Labute approximate surface area is 108 Å². The average molecular weight is 210 g/mol. The molecule has 0 aliphatic rings. The monoisotopic (exact) mass is 210 g/mol. The number of carboxylic acids is 1. The van der Waals surface area contributed by atoms with E-state index in [4.69, 9.17) is 15.3 Å². The van der Waals surface area contributed by atoms with Crippen LogP contribution in [0.25, 0.3) is 0 Å². The molecule has 0 amide bonds. The molecule has 0 radical (unpaired) electrons. The molecule has 0 saturated heterocycles. The molecular weight excluding hydrogens is 200 g/mol. The van der Waals surface area contributed by atoms with E-state index in [0.29, 0.717) is 0 Å². The minimum absolute atomic E-state index is 0. The van der Waals surface area contributed by atoms with E-state index in [1.54, 1.807) is 0 Å². The Morgan fingerprint density at radius 2 is 1.77 bits per heavy atom. The molecule has 0 saturated carbocycles. The first-order chi connectivity index (χ1) is 5.61. The first-order valence-corrected chi connectivity index (χ1v) is 3.31. The molecule has 13 heavy (non-hydrogen) atoms. The number of phenols is 1. The van der Waals surface area contributed by atoms with Gasteiger partial charge in [0.25, 0.3) is 0 Å². The summed E-state index contributed by atoms with van der Waals surface area (Å²) in [5, 5.41) is 26.2. The van der Waals surface area contributed by atoms with Gasteiger partial charge in [0, 0.05) is 0 Å². The van der Waals surface area contributed by atoms with E-state index in [1.807, 2.05) is 0 Å². The molecule has 3 N–H and O–H groups in total. The van der Waals surface area contributed by atoms with Gasteiger partial charge in [0.1, 0.15) is 5.75 Å². The smallest absolute Gasteiger partial charge is 1.00 e. The Morgan fingerprint density at radius 3 is 2.15 bits per heavy atom. The summed E-state index contributed by atoms with van der Waals surface area (Å²) in [5.41, 5.74) is 0.250. The first-order valence-electron chi connectivity index (χ1n) is 3.31. The second-order valence-corrected chi connectivity index (χ2v) is 2.33. The average Bonchev–Trinajstić information content (AvgIpc) is 2.04. The molecule has 1 aromatic rings. The molecular formula is C8H10CaO4. The van der Waals surface area contributed by atoms with E-state index in [0.717, 1.165) is 0 Å². The van der Waals surface area contributed by atoms with Gasteiger partial charge in [-0.05, 0) is 17.7 Å². The van der Waals surface area contributed by atoms with Crippen LogP contribution in [0, 0.1) is 0 Å². The summed E-state index contributed by atoms with van der Waals surface area (Å²) in [7, 11) is 0. The summed E-state index contributed by atoms with van der Waals surface area (Å²) in [6, 6.07) is 5.35. The van der Waals surface area contributed by atoms with Crippen LogP contribution in [0.5, 0.6) is 5.75 Å². The number of benzene rings is 1. The normalized spacial score (nSPS) is 11.5. The predicted octanol–water partition coefficient (Wildman–Crippen LogP) is 0.354. The number of aromatic hydroxyl groups is 1. The number of aliphatic hydroxyl groups is 1. The van der Waals surface area contributed by atoms with Gasteiger partial charge in [-0.15, -0.1) is 0 Å². The van der Waals surface area contributed by atoms with Crippen LogP contribution >= 0.6 is 0 Å². The Morgan fingerprint density at radius 1 is 1.31 bits per heavy atom. The van der Waals surface area contributed by atoms with Gasteiger partial charge >= 0.3 is 43.7 Å². The molecule has 0 heterocycles. The summed E-state index contributed by atoms with van der Waals surface area (Å²) < 4.78 is 0. The van der Waals surface area contributed by atoms with Gasteiger partial charge in [-0.1, -0.05) is 12.1 Å². The number of carbonyl (C=O) groups is 1. The molecule has 0 bridgehead atoms. The molecule has 1 unspecified atom stereocenters. The second-order valence-electron chi connectivity index (χ2n) is 2.33. The molecule has 4 nitrogen and oxygen atoms in total. The maximum absolute atomic E-state index is 10.3. The van der Waals surface area contributed by atoms with E-state index in [1.165, 1.54) is 24.3 Å². The number of hydrogen-bond donors (Lipinski definition) is 3. The Bertz CT molecular complexity index is 291. The van der Waals surface area contributed by atoms with E-state index in [9.17, 15) is 4.79 Å². The largest absolute Gasteiger partial charge is 2.00 e. The molecule has 0 spiro atoms. The zero-order valence-corrected chi connectivity index (χ0v) is 9.05. The third-order valence-electron chi connectivity index (χ3n) is 1.44. The minimum Gasteiger partial charge on any atom is -1.00 e. The van der Waals surface area contributed by atoms with Gasteiger partial charge in [-0.2, -0.15) is 0 Å². The third kappa shape index (κ3) is 3.52.